The number of hydrogen-bond acceptors (Lipinski definition) is 5. The Kier molecular flexibility index (Phi) is 6.20. The molecule has 0 N–H and O–H groups in total. The van der Waals surface area contributed by atoms with Crippen molar-refractivity contribution in [2.24, 2.45) is 23.7 Å². The highest BCUT2D eigenvalue weighted by Gasteiger charge is 2.50. The molecular weight excluding hydrogens is 480 g/mol. The fourth-order valence-corrected chi connectivity index (χ4v) is 5.68. The number of rotatable bonds is 4. The van der Waals surface area contributed by atoms with Gasteiger partial charge in [0.05, 0.1) is 23.4 Å². The smallest absolute Gasteiger partial charge is 0.316 e. The number of esters is 1. The van der Waals surface area contributed by atoms with Gasteiger partial charge in [0.15, 0.2) is 0 Å². The molecule has 2 fully saturated rings. The van der Waals surface area contributed by atoms with Crippen LogP contribution in [0.4, 0.5) is 11.4 Å². The van der Waals surface area contributed by atoms with E-state index in [0.29, 0.717) is 34.1 Å². The maximum atomic E-state index is 13.1. The van der Waals surface area contributed by atoms with E-state index in [4.69, 9.17) is 16.3 Å². The van der Waals surface area contributed by atoms with E-state index in [0.717, 1.165) is 5.56 Å². The van der Waals surface area contributed by atoms with Crippen molar-refractivity contribution in [1.82, 2.24) is 0 Å². The molecule has 2 aromatic rings. The summed E-state index contributed by atoms with van der Waals surface area (Å²) in [6, 6.07) is 10.2. The van der Waals surface area contributed by atoms with Gasteiger partial charge in [-0.15, -0.1) is 0 Å². The normalized spacial score (nSPS) is 25.5. The summed E-state index contributed by atoms with van der Waals surface area (Å²) in [5.41, 5.74) is 2.63. The predicted octanol–water partition coefficient (Wildman–Crippen LogP) is 4.62. The second kappa shape index (κ2) is 9.21. The minimum Gasteiger partial charge on any atom is -0.426 e. The fraction of sp³-hybridized carbons (Fsp3) is 0.357. The Morgan fingerprint density at radius 1 is 1.06 bits per heavy atom. The molecule has 186 valence electrons. The first-order valence-electron chi connectivity index (χ1n) is 12.1. The van der Waals surface area contributed by atoms with Gasteiger partial charge in [-0.05, 0) is 67.6 Å². The molecule has 0 aromatic heterocycles. The number of benzene rings is 2. The summed E-state index contributed by atoms with van der Waals surface area (Å²) in [6.07, 6.45) is 4.58. The summed E-state index contributed by atoms with van der Waals surface area (Å²) >= 11 is 6.20. The topological polar surface area (TPSA) is 84.0 Å². The van der Waals surface area contributed by atoms with Crippen LogP contribution in [0, 0.1) is 37.5 Å². The molecule has 4 atom stereocenters. The second-order valence-corrected chi connectivity index (χ2v) is 10.2. The predicted molar refractivity (Wildman–Crippen MR) is 136 cm³/mol. The van der Waals surface area contributed by atoms with Crippen molar-refractivity contribution in [3.8, 4) is 5.75 Å². The van der Waals surface area contributed by atoms with Gasteiger partial charge < -0.3 is 9.64 Å². The van der Waals surface area contributed by atoms with Gasteiger partial charge in [-0.1, -0.05) is 36.7 Å². The standard InChI is InChI=1S/C28H27ClN2O5/c1-15-6-4-7-20-25(15)27(34)31(26(20)33)22-11-10-19(12-16(22)2)36-28(35)18-13-24(32)30(14-18)23-9-5-8-21(29)17(23)3/h4-6,8-12,15,18,20,25H,7,13-14H2,1-3H3/t15-,18-,20-,25+/m1/s1. The zero-order valence-electron chi connectivity index (χ0n) is 20.4. The van der Waals surface area contributed by atoms with Crippen molar-refractivity contribution in [3.63, 3.8) is 0 Å². The summed E-state index contributed by atoms with van der Waals surface area (Å²) < 4.78 is 5.61. The van der Waals surface area contributed by atoms with Crippen LogP contribution in [0.2, 0.25) is 5.02 Å². The molecule has 1 aliphatic carbocycles. The number of hydrogen-bond donors (Lipinski definition) is 0. The van der Waals surface area contributed by atoms with Crippen LogP contribution in [0.1, 0.15) is 30.9 Å². The third-order valence-electron chi connectivity index (χ3n) is 7.49. The molecule has 2 saturated heterocycles. The lowest BCUT2D eigenvalue weighted by molar-refractivity contribution is -0.139. The Hall–Kier alpha value is -3.45. The molecule has 0 spiro atoms. The van der Waals surface area contributed by atoms with Crippen LogP contribution in [0.3, 0.4) is 0 Å². The Labute approximate surface area is 214 Å². The van der Waals surface area contributed by atoms with Crippen LogP contribution in [0.25, 0.3) is 0 Å². The molecule has 2 aliphatic heterocycles. The maximum Gasteiger partial charge on any atom is 0.316 e. The number of allylic oxidation sites excluding steroid dienone is 2. The van der Waals surface area contributed by atoms with Crippen molar-refractivity contribution in [1.29, 1.82) is 0 Å². The summed E-state index contributed by atoms with van der Waals surface area (Å²) in [5.74, 6) is -2.01. The van der Waals surface area contributed by atoms with Crippen molar-refractivity contribution in [3.05, 3.63) is 64.7 Å². The van der Waals surface area contributed by atoms with E-state index >= 15 is 0 Å². The first kappa shape index (κ1) is 24.3. The molecule has 2 heterocycles. The van der Waals surface area contributed by atoms with Gasteiger partial charge in [0.25, 0.3) is 0 Å². The average molecular weight is 507 g/mol. The van der Waals surface area contributed by atoms with Crippen LogP contribution in [-0.2, 0) is 19.2 Å². The first-order valence-corrected chi connectivity index (χ1v) is 12.5. The highest BCUT2D eigenvalue weighted by molar-refractivity contribution is 6.31. The van der Waals surface area contributed by atoms with Crippen molar-refractivity contribution in [2.45, 2.75) is 33.6 Å². The molecule has 5 rings (SSSR count). The lowest BCUT2D eigenvalue weighted by Crippen LogP contribution is -2.32. The summed E-state index contributed by atoms with van der Waals surface area (Å²) in [6.45, 7) is 5.78. The number of carbonyl (C=O) groups excluding carboxylic acids is 4. The summed E-state index contributed by atoms with van der Waals surface area (Å²) in [5, 5.41) is 0.557. The molecular formula is C28H27ClN2O5. The Bertz CT molecular complexity index is 1320. The van der Waals surface area contributed by atoms with Gasteiger partial charge in [-0.2, -0.15) is 0 Å². The largest absolute Gasteiger partial charge is 0.426 e. The number of carbonyl (C=O) groups is 4. The number of nitrogens with zero attached hydrogens (tertiary/aromatic N) is 2. The fourth-order valence-electron chi connectivity index (χ4n) is 5.51. The highest BCUT2D eigenvalue weighted by atomic mass is 35.5. The number of aryl methyl sites for hydroxylation is 1. The van der Waals surface area contributed by atoms with Gasteiger partial charge in [0, 0.05) is 23.7 Å². The van der Waals surface area contributed by atoms with Gasteiger partial charge in [0.1, 0.15) is 5.75 Å². The molecule has 3 aliphatic rings. The quantitative estimate of drug-likeness (QED) is 0.261. The monoisotopic (exact) mass is 506 g/mol. The van der Waals surface area contributed by atoms with Crippen LogP contribution in [0.15, 0.2) is 48.6 Å². The lowest BCUT2D eigenvalue weighted by Gasteiger charge is -2.22. The Morgan fingerprint density at radius 3 is 2.56 bits per heavy atom. The van der Waals surface area contributed by atoms with E-state index in [-0.39, 0.29) is 48.4 Å². The summed E-state index contributed by atoms with van der Waals surface area (Å²) in [7, 11) is 0. The van der Waals surface area contributed by atoms with Crippen LogP contribution < -0.4 is 14.5 Å². The van der Waals surface area contributed by atoms with Crippen LogP contribution in [0.5, 0.6) is 5.75 Å². The SMILES string of the molecule is Cc1cc(OC(=O)[C@@H]2CC(=O)N(c3cccc(Cl)c3C)C2)ccc1N1C(=O)[C@H]2[C@H](C)C=CC[C@H]2C1=O. The molecule has 8 heteroatoms. The van der Waals surface area contributed by atoms with E-state index in [9.17, 15) is 19.2 Å². The molecule has 0 unspecified atom stereocenters. The molecule has 0 bridgehead atoms. The van der Waals surface area contributed by atoms with Gasteiger partial charge >= 0.3 is 5.97 Å². The van der Waals surface area contributed by atoms with E-state index in [1.54, 1.807) is 42.2 Å². The molecule has 3 amide bonds. The van der Waals surface area contributed by atoms with Gasteiger partial charge in [0.2, 0.25) is 17.7 Å². The lowest BCUT2D eigenvalue weighted by atomic mass is 9.78. The van der Waals surface area contributed by atoms with Crippen LogP contribution >= 0.6 is 11.6 Å². The number of halogens is 1. The zero-order chi connectivity index (χ0) is 25.7. The van der Waals surface area contributed by atoms with Gasteiger partial charge in [-0.25, -0.2) is 4.90 Å². The average Bonchev–Trinajstić information content (AvgIpc) is 3.34. The molecule has 36 heavy (non-hydrogen) atoms. The van der Waals surface area contributed by atoms with Gasteiger partial charge in [-0.3, -0.25) is 19.2 Å². The molecule has 0 saturated carbocycles. The first-order chi connectivity index (χ1) is 17.2. The zero-order valence-corrected chi connectivity index (χ0v) is 21.1. The minimum absolute atomic E-state index is 0.00937. The highest BCUT2D eigenvalue weighted by Crippen LogP contribution is 2.41. The Balaban J connectivity index is 1.30. The molecule has 2 aromatic carbocycles. The van der Waals surface area contributed by atoms with Crippen LogP contribution in [-0.4, -0.2) is 30.2 Å². The van der Waals surface area contributed by atoms with Crippen molar-refractivity contribution >= 4 is 46.7 Å². The molecule has 7 nitrogen and oxygen atoms in total. The third-order valence-corrected chi connectivity index (χ3v) is 7.90. The number of fused-ring (bicyclic) bond motifs is 1. The third kappa shape index (κ3) is 4.01. The number of amides is 3. The maximum absolute atomic E-state index is 13.1. The number of anilines is 2. The van der Waals surface area contributed by atoms with Crippen molar-refractivity contribution < 1.29 is 23.9 Å². The second-order valence-electron chi connectivity index (χ2n) is 9.83. The van der Waals surface area contributed by atoms with Crippen molar-refractivity contribution in [2.75, 3.05) is 16.3 Å². The summed E-state index contributed by atoms with van der Waals surface area (Å²) in [4.78, 5) is 54.6. The minimum atomic E-state index is -0.616. The van der Waals surface area contributed by atoms with E-state index < -0.39 is 11.9 Å². The van der Waals surface area contributed by atoms with E-state index in [1.807, 2.05) is 32.1 Å². The number of ether oxygens (including phenoxy) is 1. The number of imide groups is 1. The Morgan fingerprint density at radius 2 is 1.83 bits per heavy atom. The van der Waals surface area contributed by atoms with E-state index in [2.05, 4.69) is 0 Å². The molecule has 0 radical (unpaired) electrons. The van der Waals surface area contributed by atoms with E-state index in [1.165, 1.54) is 4.90 Å².